The Bertz CT molecular complexity index is 1060. The van der Waals surface area contributed by atoms with Gasteiger partial charge < -0.3 is 10.1 Å². The number of nitrogens with one attached hydrogen (secondary N) is 2. The number of nitrogens with zero attached hydrogens (tertiary/aromatic N) is 1. The number of aryl methyl sites for hydroxylation is 2. The molecule has 0 unspecified atom stereocenters. The van der Waals surface area contributed by atoms with E-state index in [0.29, 0.717) is 18.0 Å². The van der Waals surface area contributed by atoms with E-state index >= 15 is 0 Å². The Kier molecular flexibility index (Phi) is 6.95. The molecular weight excluding hydrogens is 378 g/mol. The van der Waals surface area contributed by atoms with Crippen molar-refractivity contribution in [3.63, 3.8) is 0 Å². The molecule has 0 atom stereocenters. The molecule has 0 aromatic heterocycles. The number of amides is 2. The van der Waals surface area contributed by atoms with Crippen LogP contribution < -0.4 is 15.5 Å². The number of hydrazone groups is 1. The zero-order chi connectivity index (χ0) is 21.3. The second-order valence-corrected chi connectivity index (χ2v) is 6.80. The summed E-state index contributed by atoms with van der Waals surface area (Å²) in [6.07, 6.45) is 1.45. The molecule has 3 rings (SSSR count). The summed E-state index contributed by atoms with van der Waals surface area (Å²) in [4.78, 5) is 24.0. The van der Waals surface area contributed by atoms with Crippen LogP contribution in [-0.2, 0) is 16.2 Å². The fraction of sp³-hybridized carbons (Fsp3) is 0.125. The van der Waals surface area contributed by atoms with Crippen molar-refractivity contribution in [2.45, 2.75) is 20.5 Å². The lowest BCUT2D eigenvalue weighted by Crippen LogP contribution is -2.32. The average molecular weight is 401 g/mol. The van der Waals surface area contributed by atoms with E-state index in [9.17, 15) is 9.59 Å². The molecule has 0 heterocycles. The summed E-state index contributed by atoms with van der Waals surface area (Å²) in [5.74, 6) is -0.946. The van der Waals surface area contributed by atoms with E-state index < -0.39 is 11.8 Å². The summed E-state index contributed by atoms with van der Waals surface area (Å²) >= 11 is 0. The minimum atomic E-state index is -0.846. The Hall–Kier alpha value is -3.93. The first-order valence-corrected chi connectivity index (χ1v) is 9.50. The fourth-order valence-corrected chi connectivity index (χ4v) is 2.65. The van der Waals surface area contributed by atoms with E-state index in [4.69, 9.17) is 4.74 Å². The molecule has 3 aromatic carbocycles. The zero-order valence-corrected chi connectivity index (χ0v) is 16.9. The molecule has 0 saturated heterocycles. The Morgan fingerprint density at radius 3 is 2.47 bits per heavy atom. The summed E-state index contributed by atoms with van der Waals surface area (Å²) in [6.45, 7) is 4.37. The van der Waals surface area contributed by atoms with Crippen molar-refractivity contribution in [1.29, 1.82) is 0 Å². The largest absolute Gasteiger partial charge is 0.489 e. The lowest BCUT2D eigenvalue weighted by molar-refractivity contribution is -0.136. The highest BCUT2D eigenvalue weighted by Crippen LogP contribution is 2.15. The van der Waals surface area contributed by atoms with Gasteiger partial charge >= 0.3 is 11.8 Å². The van der Waals surface area contributed by atoms with Gasteiger partial charge in [0.05, 0.1) is 6.21 Å². The number of anilines is 1. The highest BCUT2D eigenvalue weighted by atomic mass is 16.5. The smallest absolute Gasteiger partial charge is 0.329 e. The average Bonchev–Trinajstić information content (AvgIpc) is 2.76. The monoisotopic (exact) mass is 401 g/mol. The van der Waals surface area contributed by atoms with Crippen molar-refractivity contribution < 1.29 is 14.3 Å². The quantitative estimate of drug-likeness (QED) is 0.373. The maximum absolute atomic E-state index is 12.0. The Morgan fingerprint density at radius 1 is 0.900 bits per heavy atom. The van der Waals surface area contributed by atoms with Gasteiger partial charge in [-0.15, -0.1) is 0 Å². The van der Waals surface area contributed by atoms with Crippen molar-refractivity contribution in [3.8, 4) is 5.75 Å². The molecule has 0 aliphatic rings. The van der Waals surface area contributed by atoms with Crippen molar-refractivity contribution in [2.75, 3.05) is 5.32 Å². The van der Waals surface area contributed by atoms with Crippen LogP contribution in [0, 0.1) is 13.8 Å². The van der Waals surface area contributed by atoms with E-state index in [0.717, 1.165) is 22.3 Å². The van der Waals surface area contributed by atoms with Gasteiger partial charge in [0.1, 0.15) is 12.4 Å². The molecule has 0 bridgehead atoms. The van der Waals surface area contributed by atoms with E-state index in [2.05, 4.69) is 15.8 Å². The van der Waals surface area contributed by atoms with Crippen LogP contribution in [0.2, 0.25) is 0 Å². The number of carbonyl (C=O) groups is 2. The van der Waals surface area contributed by atoms with Gasteiger partial charge in [0, 0.05) is 5.69 Å². The first kappa shape index (κ1) is 20.8. The summed E-state index contributed by atoms with van der Waals surface area (Å²) in [6, 6.07) is 22.6. The van der Waals surface area contributed by atoms with Crippen LogP contribution in [-0.4, -0.2) is 18.0 Å². The SMILES string of the molecule is Cc1ccc(NC(=O)C(=O)N/N=C\c2cccc(OCc3ccccc3)c2)cc1C. The zero-order valence-electron chi connectivity index (χ0n) is 16.9. The fourth-order valence-electron chi connectivity index (χ4n) is 2.65. The predicted molar refractivity (Wildman–Crippen MR) is 117 cm³/mol. The number of carbonyl (C=O) groups excluding carboxylic acids is 2. The third kappa shape index (κ3) is 6.04. The molecule has 30 heavy (non-hydrogen) atoms. The molecule has 3 aromatic rings. The van der Waals surface area contributed by atoms with Crippen molar-refractivity contribution in [2.24, 2.45) is 5.10 Å². The summed E-state index contributed by atoms with van der Waals surface area (Å²) in [5, 5.41) is 6.41. The maximum atomic E-state index is 12.0. The van der Waals surface area contributed by atoms with Crippen LogP contribution in [0.5, 0.6) is 5.75 Å². The summed E-state index contributed by atoms with van der Waals surface area (Å²) in [5.41, 5.74) is 6.73. The topological polar surface area (TPSA) is 79.8 Å². The first-order valence-electron chi connectivity index (χ1n) is 9.50. The van der Waals surface area contributed by atoms with Gasteiger partial charge in [-0.05, 0) is 60.4 Å². The Morgan fingerprint density at radius 2 is 1.70 bits per heavy atom. The number of benzene rings is 3. The summed E-state index contributed by atoms with van der Waals surface area (Å²) < 4.78 is 5.77. The lowest BCUT2D eigenvalue weighted by Gasteiger charge is -2.07. The Labute approximate surface area is 175 Å². The van der Waals surface area contributed by atoms with Gasteiger partial charge in [0.25, 0.3) is 0 Å². The number of hydrogen-bond acceptors (Lipinski definition) is 4. The van der Waals surface area contributed by atoms with Gasteiger partial charge in [-0.2, -0.15) is 5.10 Å². The highest BCUT2D eigenvalue weighted by Gasteiger charge is 2.13. The highest BCUT2D eigenvalue weighted by molar-refractivity contribution is 6.39. The molecule has 0 aliphatic carbocycles. The van der Waals surface area contributed by atoms with Gasteiger partial charge in [-0.3, -0.25) is 9.59 Å². The molecular formula is C24H23N3O3. The van der Waals surface area contributed by atoms with Gasteiger partial charge in [-0.25, -0.2) is 5.43 Å². The van der Waals surface area contributed by atoms with Crippen LogP contribution in [0.4, 0.5) is 5.69 Å². The van der Waals surface area contributed by atoms with Crippen LogP contribution >= 0.6 is 0 Å². The van der Waals surface area contributed by atoms with Gasteiger partial charge in [-0.1, -0.05) is 48.5 Å². The molecule has 0 fully saturated rings. The molecule has 6 nitrogen and oxygen atoms in total. The molecule has 0 radical (unpaired) electrons. The van der Waals surface area contributed by atoms with Crippen LogP contribution in [0.1, 0.15) is 22.3 Å². The van der Waals surface area contributed by atoms with Crippen LogP contribution in [0.3, 0.4) is 0 Å². The van der Waals surface area contributed by atoms with Gasteiger partial charge in [0.15, 0.2) is 0 Å². The van der Waals surface area contributed by atoms with Crippen molar-refractivity contribution in [3.05, 3.63) is 95.1 Å². The first-order chi connectivity index (χ1) is 14.5. The molecule has 0 aliphatic heterocycles. The predicted octanol–water partition coefficient (Wildman–Crippen LogP) is 3.97. The molecule has 2 N–H and O–H groups in total. The maximum Gasteiger partial charge on any atom is 0.329 e. The number of ether oxygens (including phenoxy) is 1. The Balaban J connectivity index is 1.52. The van der Waals surface area contributed by atoms with Crippen LogP contribution in [0.25, 0.3) is 0 Å². The summed E-state index contributed by atoms with van der Waals surface area (Å²) in [7, 11) is 0. The third-order valence-electron chi connectivity index (χ3n) is 4.46. The minimum Gasteiger partial charge on any atom is -0.489 e. The van der Waals surface area contributed by atoms with E-state index in [1.165, 1.54) is 6.21 Å². The second-order valence-electron chi connectivity index (χ2n) is 6.80. The standard InChI is InChI=1S/C24H23N3O3/c1-17-11-12-21(13-18(17)2)26-23(28)24(29)27-25-15-20-9-6-10-22(14-20)30-16-19-7-4-3-5-8-19/h3-15H,16H2,1-2H3,(H,26,28)(H,27,29)/b25-15-. The van der Waals surface area contributed by atoms with Crippen molar-refractivity contribution >= 4 is 23.7 Å². The lowest BCUT2D eigenvalue weighted by atomic mass is 10.1. The second kappa shape index (κ2) is 10.0. The normalized spacial score (nSPS) is 10.6. The molecule has 6 heteroatoms. The third-order valence-corrected chi connectivity index (χ3v) is 4.46. The molecule has 152 valence electrons. The van der Waals surface area contributed by atoms with Gasteiger partial charge in [0.2, 0.25) is 0 Å². The van der Waals surface area contributed by atoms with Crippen LogP contribution in [0.15, 0.2) is 77.9 Å². The van der Waals surface area contributed by atoms with E-state index in [-0.39, 0.29) is 0 Å². The molecule has 0 saturated carbocycles. The van der Waals surface area contributed by atoms with E-state index in [1.807, 2.05) is 74.5 Å². The van der Waals surface area contributed by atoms with E-state index in [1.54, 1.807) is 12.1 Å². The number of rotatable bonds is 6. The molecule has 2 amide bonds. The minimum absolute atomic E-state index is 0.455. The van der Waals surface area contributed by atoms with Crippen molar-refractivity contribution in [1.82, 2.24) is 5.43 Å². The number of hydrogen-bond donors (Lipinski definition) is 2. The molecule has 0 spiro atoms.